The Morgan fingerprint density at radius 2 is 1.93 bits per heavy atom. The van der Waals surface area contributed by atoms with Crippen molar-refractivity contribution >= 4 is 23.3 Å². The molecule has 3 rings (SSSR count). The molecule has 1 atom stereocenters. The lowest BCUT2D eigenvalue weighted by atomic mass is 10.1. The summed E-state index contributed by atoms with van der Waals surface area (Å²) in [6, 6.07) is 12.3. The lowest BCUT2D eigenvalue weighted by molar-refractivity contribution is 0.0600. The second-order valence-corrected chi connectivity index (χ2v) is 7.14. The summed E-state index contributed by atoms with van der Waals surface area (Å²) in [5.41, 5.74) is 2.18. The number of nitrogens with zero attached hydrogens (tertiary/aromatic N) is 1. The molecule has 1 saturated heterocycles. The van der Waals surface area contributed by atoms with Crippen LogP contribution in [0.15, 0.2) is 42.5 Å². The van der Waals surface area contributed by atoms with Crippen LogP contribution in [-0.4, -0.2) is 51.4 Å². The molecule has 0 radical (unpaired) electrons. The maximum absolute atomic E-state index is 12.7. The fourth-order valence-electron chi connectivity index (χ4n) is 3.20. The maximum atomic E-state index is 12.7. The smallest absolute Gasteiger partial charge is 0.340 e. The molecule has 7 heteroatoms. The van der Waals surface area contributed by atoms with Gasteiger partial charge < -0.3 is 24.4 Å². The molecular weight excluding hydrogens is 384 g/mol. The number of carbonyl (C=O) groups excluding carboxylic acids is 2. The Kier molecular flexibility index (Phi) is 7.30. The second-order valence-electron chi connectivity index (χ2n) is 7.14. The van der Waals surface area contributed by atoms with Crippen molar-refractivity contribution in [3.63, 3.8) is 0 Å². The average molecular weight is 412 g/mol. The third kappa shape index (κ3) is 5.30. The van der Waals surface area contributed by atoms with Gasteiger partial charge in [0.25, 0.3) is 5.91 Å². The minimum Gasteiger partial charge on any atom is -0.491 e. The van der Waals surface area contributed by atoms with Gasteiger partial charge in [0.2, 0.25) is 0 Å². The van der Waals surface area contributed by atoms with Gasteiger partial charge >= 0.3 is 5.97 Å². The van der Waals surface area contributed by atoms with E-state index in [2.05, 4.69) is 10.2 Å². The number of hydrogen-bond acceptors (Lipinski definition) is 6. The molecule has 0 saturated carbocycles. The van der Waals surface area contributed by atoms with Crippen molar-refractivity contribution in [3.05, 3.63) is 53.6 Å². The normalized spacial score (nSPS) is 14.7. The molecule has 1 aliphatic rings. The minimum absolute atomic E-state index is 0.0682. The van der Waals surface area contributed by atoms with Crippen molar-refractivity contribution < 1.29 is 23.8 Å². The van der Waals surface area contributed by atoms with E-state index < -0.39 is 5.97 Å². The molecule has 1 aliphatic heterocycles. The molecule has 7 nitrogen and oxygen atoms in total. The standard InChI is InChI=1S/C23H28N2O5/c1-4-16(2)30-19-7-5-6-17(14-19)22(26)24-18-8-9-21(20(15-18)23(27)28-3)25-10-12-29-13-11-25/h5-9,14-16H,4,10-13H2,1-3H3,(H,24,26). The molecule has 1 N–H and O–H groups in total. The third-order valence-corrected chi connectivity index (χ3v) is 5.02. The van der Waals surface area contributed by atoms with Crippen LogP contribution in [0.1, 0.15) is 41.0 Å². The van der Waals surface area contributed by atoms with Gasteiger partial charge in [0.05, 0.1) is 37.7 Å². The Morgan fingerprint density at radius 1 is 1.17 bits per heavy atom. The number of hydrogen-bond donors (Lipinski definition) is 1. The largest absolute Gasteiger partial charge is 0.491 e. The molecule has 1 unspecified atom stereocenters. The fraction of sp³-hybridized carbons (Fsp3) is 0.391. The number of anilines is 2. The first kappa shape index (κ1) is 21.6. The summed E-state index contributed by atoms with van der Waals surface area (Å²) >= 11 is 0. The van der Waals surface area contributed by atoms with Crippen molar-refractivity contribution in [2.24, 2.45) is 0 Å². The SMILES string of the molecule is CCC(C)Oc1cccc(C(=O)Nc2ccc(N3CCOCC3)c(C(=O)OC)c2)c1. The van der Waals surface area contributed by atoms with E-state index in [0.29, 0.717) is 48.9 Å². The summed E-state index contributed by atoms with van der Waals surface area (Å²) in [4.78, 5) is 27.2. The summed E-state index contributed by atoms with van der Waals surface area (Å²) < 4.78 is 16.1. The average Bonchev–Trinajstić information content (AvgIpc) is 2.79. The van der Waals surface area contributed by atoms with Gasteiger partial charge in [0, 0.05) is 24.3 Å². The molecule has 30 heavy (non-hydrogen) atoms. The molecule has 160 valence electrons. The van der Waals surface area contributed by atoms with Crippen molar-refractivity contribution in [1.82, 2.24) is 0 Å². The monoisotopic (exact) mass is 412 g/mol. The Labute approximate surface area is 176 Å². The van der Waals surface area contributed by atoms with Gasteiger partial charge in [-0.15, -0.1) is 0 Å². The van der Waals surface area contributed by atoms with Crippen LogP contribution >= 0.6 is 0 Å². The number of nitrogens with one attached hydrogen (secondary N) is 1. The molecule has 0 bridgehead atoms. The fourth-order valence-corrected chi connectivity index (χ4v) is 3.20. The number of morpholine rings is 1. The van der Waals surface area contributed by atoms with E-state index in [4.69, 9.17) is 14.2 Å². The summed E-state index contributed by atoms with van der Waals surface area (Å²) in [6.07, 6.45) is 0.945. The zero-order valence-corrected chi connectivity index (χ0v) is 17.6. The van der Waals surface area contributed by atoms with Gasteiger partial charge in [-0.3, -0.25) is 4.79 Å². The molecule has 1 heterocycles. The lowest BCUT2D eigenvalue weighted by Gasteiger charge is -2.30. The highest BCUT2D eigenvalue weighted by molar-refractivity contribution is 6.05. The molecule has 2 aromatic carbocycles. The number of methoxy groups -OCH3 is 1. The summed E-state index contributed by atoms with van der Waals surface area (Å²) in [7, 11) is 1.35. The van der Waals surface area contributed by atoms with Crippen LogP contribution in [-0.2, 0) is 9.47 Å². The zero-order chi connectivity index (χ0) is 21.5. The number of rotatable bonds is 7. The van der Waals surface area contributed by atoms with Gasteiger partial charge in [-0.1, -0.05) is 13.0 Å². The molecule has 0 spiro atoms. The van der Waals surface area contributed by atoms with Crippen molar-refractivity contribution in [1.29, 1.82) is 0 Å². The van der Waals surface area contributed by atoms with Gasteiger partial charge in [-0.2, -0.15) is 0 Å². The zero-order valence-electron chi connectivity index (χ0n) is 17.6. The van der Waals surface area contributed by atoms with Crippen LogP contribution in [0.3, 0.4) is 0 Å². The summed E-state index contributed by atoms with van der Waals surface area (Å²) in [5.74, 6) is -0.0778. The van der Waals surface area contributed by atoms with Gasteiger partial charge in [-0.05, 0) is 49.7 Å². The first-order valence-corrected chi connectivity index (χ1v) is 10.1. The van der Waals surface area contributed by atoms with E-state index in [1.54, 1.807) is 30.3 Å². The van der Waals surface area contributed by atoms with Crippen LogP contribution in [0.4, 0.5) is 11.4 Å². The number of carbonyl (C=O) groups is 2. The number of ether oxygens (including phenoxy) is 3. The Balaban J connectivity index is 1.80. The van der Waals surface area contributed by atoms with Crippen LogP contribution in [0, 0.1) is 0 Å². The van der Waals surface area contributed by atoms with Gasteiger partial charge in [0.1, 0.15) is 5.75 Å². The second kappa shape index (κ2) is 10.1. The first-order chi connectivity index (χ1) is 14.5. The maximum Gasteiger partial charge on any atom is 0.340 e. The van der Waals surface area contributed by atoms with Crippen molar-refractivity contribution in [3.8, 4) is 5.75 Å². The first-order valence-electron chi connectivity index (χ1n) is 10.1. The molecule has 0 aromatic heterocycles. The van der Waals surface area contributed by atoms with E-state index in [0.717, 1.165) is 12.1 Å². The quantitative estimate of drug-likeness (QED) is 0.698. The van der Waals surface area contributed by atoms with Gasteiger partial charge in [0.15, 0.2) is 0 Å². The van der Waals surface area contributed by atoms with Crippen LogP contribution in [0.2, 0.25) is 0 Å². The van der Waals surface area contributed by atoms with E-state index in [1.807, 2.05) is 26.0 Å². The van der Waals surface area contributed by atoms with E-state index in [-0.39, 0.29) is 12.0 Å². The van der Waals surface area contributed by atoms with E-state index in [1.165, 1.54) is 7.11 Å². The Hall–Kier alpha value is -3.06. The highest BCUT2D eigenvalue weighted by atomic mass is 16.5. The van der Waals surface area contributed by atoms with E-state index >= 15 is 0 Å². The highest BCUT2D eigenvalue weighted by Crippen LogP contribution is 2.27. The number of benzene rings is 2. The molecule has 1 fully saturated rings. The highest BCUT2D eigenvalue weighted by Gasteiger charge is 2.20. The molecule has 0 aliphatic carbocycles. The Morgan fingerprint density at radius 3 is 2.63 bits per heavy atom. The van der Waals surface area contributed by atoms with E-state index in [9.17, 15) is 9.59 Å². The minimum atomic E-state index is -0.448. The molecule has 2 aromatic rings. The number of esters is 1. The summed E-state index contributed by atoms with van der Waals surface area (Å²) in [6.45, 7) is 6.62. The number of amides is 1. The van der Waals surface area contributed by atoms with Crippen molar-refractivity contribution in [2.45, 2.75) is 26.4 Å². The van der Waals surface area contributed by atoms with Crippen LogP contribution in [0.5, 0.6) is 5.75 Å². The van der Waals surface area contributed by atoms with Crippen LogP contribution < -0.4 is 15.0 Å². The topological polar surface area (TPSA) is 77.1 Å². The predicted molar refractivity (Wildman–Crippen MR) is 116 cm³/mol. The predicted octanol–water partition coefficient (Wildman–Crippen LogP) is 3.74. The molecule has 1 amide bonds. The van der Waals surface area contributed by atoms with Crippen molar-refractivity contribution in [2.75, 3.05) is 43.6 Å². The molecular formula is C23H28N2O5. The Bertz CT molecular complexity index is 893. The van der Waals surface area contributed by atoms with Crippen LogP contribution in [0.25, 0.3) is 0 Å². The third-order valence-electron chi connectivity index (χ3n) is 5.02. The van der Waals surface area contributed by atoms with Gasteiger partial charge in [-0.25, -0.2) is 4.79 Å². The summed E-state index contributed by atoms with van der Waals surface area (Å²) in [5, 5.41) is 2.86. The lowest BCUT2D eigenvalue weighted by Crippen LogP contribution is -2.37.